The normalized spacial score (nSPS) is 27.2. The maximum Gasteiger partial charge on any atom is 0.319 e. The predicted octanol–water partition coefficient (Wildman–Crippen LogP) is 3.69. The smallest absolute Gasteiger partial charge is 0.319 e. The first-order valence-electron chi connectivity index (χ1n) is 13.8. The van der Waals surface area contributed by atoms with E-state index in [2.05, 4.69) is 26.9 Å². The molecule has 9 heteroatoms. The van der Waals surface area contributed by atoms with Gasteiger partial charge in [0.15, 0.2) is 0 Å². The highest BCUT2D eigenvalue weighted by molar-refractivity contribution is 5.94. The molecule has 2 aliphatic heterocycles. The van der Waals surface area contributed by atoms with E-state index in [-0.39, 0.29) is 29.9 Å². The Morgan fingerprint density at radius 1 is 1.16 bits per heavy atom. The van der Waals surface area contributed by atoms with Crippen molar-refractivity contribution in [1.29, 1.82) is 0 Å². The number of anilines is 2. The van der Waals surface area contributed by atoms with Gasteiger partial charge in [0.2, 0.25) is 11.8 Å². The van der Waals surface area contributed by atoms with Crippen molar-refractivity contribution in [3.63, 3.8) is 0 Å². The first-order chi connectivity index (χ1) is 18.3. The number of nitrogens with one attached hydrogen (secondary N) is 3. The topological polar surface area (TPSA) is 103 Å². The molecule has 2 saturated heterocycles. The number of rotatable bonds is 7. The van der Waals surface area contributed by atoms with E-state index in [9.17, 15) is 14.4 Å². The first-order valence-corrected chi connectivity index (χ1v) is 13.8. The van der Waals surface area contributed by atoms with E-state index in [0.29, 0.717) is 25.4 Å². The van der Waals surface area contributed by atoms with E-state index in [0.717, 1.165) is 49.5 Å². The van der Waals surface area contributed by atoms with E-state index < -0.39 is 5.54 Å². The molecule has 38 heavy (non-hydrogen) atoms. The number of carbonyl (C=O) groups is 3. The summed E-state index contributed by atoms with van der Waals surface area (Å²) in [5, 5.41) is 8.76. The van der Waals surface area contributed by atoms with Crippen LogP contribution in [0.15, 0.2) is 48.3 Å². The van der Waals surface area contributed by atoms with Gasteiger partial charge in [0.05, 0.1) is 18.2 Å². The van der Waals surface area contributed by atoms with Gasteiger partial charge in [-0.2, -0.15) is 0 Å². The van der Waals surface area contributed by atoms with Crippen LogP contribution in [0.5, 0.6) is 0 Å². The molecule has 0 aromatic heterocycles. The van der Waals surface area contributed by atoms with Crippen LogP contribution in [0.2, 0.25) is 0 Å². The number of allylic oxidation sites excluding steroid dienone is 1. The molecule has 3 atom stereocenters. The standard InChI is InChI=1S/C29H39N5O4/c1-29(17-15-26(35)32-29)27(36)33(2)23-16-18-34(19-23)22-11-7-20(8-12-22)30-28(37)31-21-9-13-25(14-10-21)38-24-5-3-4-6-24/h7-9,11-14,21,23-24H,3-6,10,15-19H2,1-2H3,(H,32,35)(H2,30,31,37). The van der Waals surface area contributed by atoms with Crippen molar-refractivity contribution in [3.8, 4) is 0 Å². The zero-order valence-electron chi connectivity index (χ0n) is 22.4. The Morgan fingerprint density at radius 3 is 2.58 bits per heavy atom. The lowest BCUT2D eigenvalue weighted by Gasteiger charge is -2.33. The van der Waals surface area contributed by atoms with E-state index in [1.807, 2.05) is 50.4 Å². The molecule has 2 heterocycles. The number of amides is 4. The van der Waals surface area contributed by atoms with E-state index >= 15 is 0 Å². The lowest BCUT2D eigenvalue weighted by atomic mass is 9.97. The van der Waals surface area contributed by atoms with Crippen molar-refractivity contribution in [1.82, 2.24) is 15.5 Å². The number of benzene rings is 1. The summed E-state index contributed by atoms with van der Waals surface area (Å²) in [5.74, 6) is 0.821. The van der Waals surface area contributed by atoms with Gasteiger partial charge < -0.3 is 30.5 Å². The van der Waals surface area contributed by atoms with Gasteiger partial charge in [-0.25, -0.2) is 4.79 Å². The second-order valence-corrected chi connectivity index (χ2v) is 11.2. The van der Waals surface area contributed by atoms with Crippen molar-refractivity contribution in [3.05, 3.63) is 48.3 Å². The van der Waals surface area contributed by atoms with Crippen molar-refractivity contribution >= 4 is 29.2 Å². The third kappa shape index (κ3) is 5.97. The van der Waals surface area contributed by atoms with Crippen LogP contribution >= 0.6 is 0 Å². The molecule has 0 radical (unpaired) electrons. The largest absolute Gasteiger partial charge is 0.491 e. The van der Waals surface area contributed by atoms with Gasteiger partial charge >= 0.3 is 6.03 Å². The molecule has 204 valence electrons. The number of hydrogen-bond acceptors (Lipinski definition) is 5. The molecule has 0 bridgehead atoms. The van der Waals surface area contributed by atoms with Crippen LogP contribution in [-0.4, -0.2) is 66.6 Å². The summed E-state index contributed by atoms with van der Waals surface area (Å²) in [4.78, 5) is 41.3. The minimum Gasteiger partial charge on any atom is -0.491 e. The van der Waals surface area contributed by atoms with E-state index in [4.69, 9.17) is 4.74 Å². The lowest BCUT2D eigenvalue weighted by molar-refractivity contribution is -0.139. The Hall–Kier alpha value is -3.49. The van der Waals surface area contributed by atoms with Crippen LogP contribution in [0.3, 0.4) is 0 Å². The number of carbonyl (C=O) groups excluding carboxylic acids is 3. The zero-order chi connectivity index (χ0) is 26.7. The molecular weight excluding hydrogens is 482 g/mol. The van der Waals surface area contributed by atoms with E-state index in [1.165, 1.54) is 12.8 Å². The van der Waals surface area contributed by atoms with Gasteiger partial charge in [-0.05, 0) is 88.3 Å². The van der Waals surface area contributed by atoms with Crippen LogP contribution in [0.25, 0.3) is 0 Å². The summed E-state index contributed by atoms with van der Waals surface area (Å²) in [6, 6.07) is 7.57. The Labute approximate surface area is 224 Å². The summed E-state index contributed by atoms with van der Waals surface area (Å²) in [7, 11) is 1.83. The van der Waals surface area contributed by atoms with Gasteiger partial charge in [-0.3, -0.25) is 9.59 Å². The molecule has 4 aliphatic rings. The number of hydrogen-bond donors (Lipinski definition) is 3. The molecule has 1 aromatic carbocycles. The second-order valence-electron chi connectivity index (χ2n) is 11.2. The Morgan fingerprint density at radius 2 is 1.92 bits per heavy atom. The average Bonchev–Trinajstić information content (AvgIpc) is 3.67. The summed E-state index contributed by atoms with van der Waals surface area (Å²) in [6.45, 7) is 3.38. The van der Waals surface area contributed by atoms with Gasteiger partial charge in [0, 0.05) is 37.9 Å². The number of nitrogens with zero attached hydrogens (tertiary/aromatic N) is 2. The molecule has 5 rings (SSSR count). The third-order valence-electron chi connectivity index (χ3n) is 8.25. The van der Waals surface area contributed by atoms with Crippen LogP contribution in [0, 0.1) is 0 Å². The molecule has 9 nitrogen and oxygen atoms in total. The van der Waals surface area contributed by atoms with Crippen molar-refractivity contribution < 1.29 is 19.1 Å². The molecule has 2 aliphatic carbocycles. The summed E-state index contributed by atoms with van der Waals surface area (Å²) < 4.78 is 6.02. The van der Waals surface area contributed by atoms with Crippen molar-refractivity contribution in [2.45, 2.75) is 82.0 Å². The number of urea groups is 1. The highest BCUT2D eigenvalue weighted by Gasteiger charge is 2.43. The summed E-state index contributed by atoms with van der Waals surface area (Å²) >= 11 is 0. The molecule has 3 N–H and O–H groups in total. The molecule has 1 saturated carbocycles. The predicted molar refractivity (Wildman–Crippen MR) is 147 cm³/mol. The molecule has 0 spiro atoms. The Kier molecular flexibility index (Phi) is 7.63. The maximum atomic E-state index is 13.1. The van der Waals surface area contributed by atoms with Crippen LogP contribution < -0.4 is 20.9 Å². The monoisotopic (exact) mass is 521 g/mol. The van der Waals surface area contributed by atoms with Gasteiger partial charge in [-0.15, -0.1) is 0 Å². The second kappa shape index (κ2) is 11.1. The minimum absolute atomic E-state index is 0.0263. The van der Waals surface area contributed by atoms with Crippen molar-refractivity contribution in [2.24, 2.45) is 0 Å². The Bertz CT molecular complexity index is 1110. The Balaban J connectivity index is 1.07. The van der Waals surface area contributed by atoms with Crippen LogP contribution in [0.1, 0.15) is 58.3 Å². The maximum absolute atomic E-state index is 13.1. The zero-order valence-corrected chi connectivity index (χ0v) is 22.4. The van der Waals surface area contributed by atoms with Crippen LogP contribution in [0.4, 0.5) is 16.2 Å². The van der Waals surface area contributed by atoms with E-state index in [1.54, 1.807) is 4.90 Å². The highest BCUT2D eigenvalue weighted by Crippen LogP contribution is 2.28. The number of ether oxygens (including phenoxy) is 1. The molecule has 4 amide bonds. The molecule has 3 unspecified atom stereocenters. The van der Waals surface area contributed by atoms with Gasteiger partial charge in [-0.1, -0.05) is 6.08 Å². The summed E-state index contributed by atoms with van der Waals surface area (Å²) in [5.41, 5.74) is 0.970. The average molecular weight is 522 g/mol. The van der Waals surface area contributed by atoms with Gasteiger partial charge in [0.1, 0.15) is 11.3 Å². The van der Waals surface area contributed by atoms with Crippen LogP contribution in [-0.2, 0) is 14.3 Å². The molecule has 3 fully saturated rings. The lowest BCUT2D eigenvalue weighted by Crippen LogP contribution is -2.55. The fraction of sp³-hybridized carbons (Fsp3) is 0.552. The first kappa shape index (κ1) is 26.1. The third-order valence-corrected chi connectivity index (χ3v) is 8.25. The molecular formula is C29H39N5O4. The number of likely N-dealkylation sites (N-methyl/N-ethyl adjacent to an activating group) is 1. The van der Waals surface area contributed by atoms with Gasteiger partial charge in [0.25, 0.3) is 0 Å². The SMILES string of the molecule is CN(C(=O)C1(C)CCC(=O)N1)C1CCN(c2ccc(NC(=O)NC3C=CC(OC4CCCC4)=CC3)cc2)C1. The summed E-state index contributed by atoms with van der Waals surface area (Å²) in [6.07, 6.45) is 13.6. The molecule has 1 aromatic rings. The highest BCUT2D eigenvalue weighted by atomic mass is 16.5. The van der Waals surface area contributed by atoms with Crippen molar-refractivity contribution in [2.75, 3.05) is 30.4 Å². The minimum atomic E-state index is -0.803. The fourth-order valence-electron chi connectivity index (χ4n) is 5.89. The quantitative estimate of drug-likeness (QED) is 0.508. The fourth-order valence-corrected chi connectivity index (χ4v) is 5.89.